The van der Waals surface area contributed by atoms with Gasteiger partial charge in [0.05, 0.1) is 6.54 Å². The third kappa shape index (κ3) is 11.7. The molecule has 0 aliphatic heterocycles. The van der Waals surface area contributed by atoms with Gasteiger partial charge in [-0.3, -0.25) is 9.59 Å². The van der Waals surface area contributed by atoms with E-state index in [4.69, 9.17) is 5.73 Å². The molecule has 1 saturated carbocycles. The number of amides is 2. The highest BCUT2D eigenvalue weighted by molar-refractivity contribution is 5.97. The summed E-state index contributed by atoms with van der Waals surface area (Å²) in [5.41, 5.74) is 15.2. The van der Waals surface area contributed by atoms with Gasteiger partial charge in [0, 0.05) is 28.7 Å². The van der Waals surface area contributed by atoms with E-state index in [0.717, 1.165) is 87.0 Å². The lowest BCUT2D eigenvalue weighted by molar-refractivity contribution is -0.118. The van der Waals surface area contributed by atoms with Crippen molar-refractivity contribution in [3.05, 3.63) is 64.2 Å². The fraction of sp³-hybridized carbons (Fsp3) is 0.619. The number of rotatable bonds is 22. The van der Waals surface area contributed by atoms with Crippen molar-refractivity contribution in [3.63, 3.8) is 0 Å². The fourth-order valence-electron chi connectivity index (χ4n) is 7.19. The van der Waals surface area contributed by atoms with Crippen LogP contribution in [0.25, 0.3) is 5.70 Å². The highest BCUT2D eigenvalue weighted by atomic mass is 16.2. The van der Waals surface area contributed by atoms with Crippen molar-refractivity contribution in [2.24, 2.45) is 11.7 Å². The number of carbonyl (C=O) groups excluding carboxylic acids is 2. The third-order valence-corrected chi connectivity index (χ3v) is 10.1. The van der Waals surface area contributed by atoms with Crippen molar-refractivity contribution in [3.8, 4) is 0 Å². The van der Waals surface area contributed by atoms with Crippen molar-refractivity contribution >= 4 is 28.9 Å². The van der Waals surface area contributed by atoms with Crippen LogP contribution in [0.15, 0.2) is 42.0 Å². The van der Waals surface area contributed by atoms with E-state index >= 15 is 0 Å². The maximum absolute atomic E-state index is 14.0. The molecule has 2 aromatic carbocycles. The molecule has 2 aliphatic rings. The van der Waals surface area contributed by atoms with Gasteiger partial charge in [-0.05, 0) is 116 Å². The first-order chi connectivity index (χ1) is 23.5. The van der Waals surface area contributed by atoms with Gasteiger partial charge < -0.3 is 27.0 Å². The highest BCUT2D eigenvalue weighted by Crippen LogP contribution is 2.45. The molecule has 2 atom stereocenters. The molecule has 0 spiro atoms. The molecule has 6 N–H and O–H groups in total. The summed E-state index contributed by atoms with van der Waals surface area (Å²) in [6, 6.07) is 12.7. The number of allylic oxidation sites excluding steroid dienone is 1. The molecular formula is C42H65N5O2. The number of hydrogen-bond acceptors (Lipinski definition) is 5. The minimum absolute atomic E-state index is 0.00148. The van der Waals surface area contributed by atoms with Crippen molar-refractivity contribution in [2.75, 3.05) is 23.7 Å². The lowest BCUT2D eigenvalue weighted by Gasteiger charge is -2.42. The second-order valence-corrected chi connectivity index (χ2v) is 15.6. The summed E-state index contributed by atoms with van der Waals surface area (Å²) >= 11 is 0. The van der Waals surface area contributed by atoms with E-state index in [9.17, 15) is 9.59 Å². The number of anilines is 2. The molecule has 0 heterocycles. The maximum atomic E-state index is 14.0. The number of hydrogen-bond donors (Lipinski definition) is 5. The molecule has 0 saturated heterocycles. The second kappa shape index (κ2) is 18.7. The third-order valence-electron chi connectivity index (χ3n) is 10.1. The van der Waals surface area contributed by atoms with Crippen molar-refractivity contribution in [1.29, 1.82) is 0 Å². The van der Waals surface area contributed by atoms with Crippen LogP contribution < -0.4 is 27.0 Å². The summed E-state index contributed by atoms with van der Waals surface area (Å²) in [6.07, 6.45) is 15.6. The molecule has 2 aliphatic carbocycles. The first-order valence-electron chi connectivity index (χ1n) is 19.3. The van der Waals surface area contributed by atoms with E-state index in [2.05, 4.69) is 79.3 Å². The summed E-state index contributed by atoms with van der Waals surface area (Å²) < 4.78 is 0. The van der Waals surface area contributed by atoms with Gasteiger partial charge >= 0.3 is 0 Å². The molecule has 49 heavy (non-hydrogen) atoms. The van der Waals surface area contributed by atoms with Gasteiger partial charge in [0.25, 0.3) is 0 Å². The van der Waals surface area contributed by atoms with Crippen LogP contribution >= 0.6 is 0 Å². The van der Waals surface area contributed by atoms with Crippen LogP contribution in [-0.2, 0) is 27.8 Å². The standard InChI is InChI=1S/C42H65N5O2/c1-7-8-9-13-22-42(6)27-33-25-34(20-21-37(33)42)46-41(49)38(24-29(2)3)47-40(32-16-17-32)36-26-35(45-39(48)28-44-30(4)5)19-18-31(36)15-12-10-11-14-23-43/h18-21,25-26,29-30,38,44,47H,7-17,22-24,27-28,43H2,1-6H3,(H,45,48)(H,46,49). The minimum atomic E-state index is -0.385. The Bertz CT molecular complexity index is 1420. The monoisotopic (exact) mass is 672 g/mol. The van der Waals surface area contributed by atoms with Crippen LogP contribution in [0.1, 0.15) is 141 Å². The fourth-order valence-corrected chi connectivity index (χ4v) is 7.19. The van der Waals surface area contributed by atoms with E-state index in [1.807, 2.05) is 19.9 Å². The largest absolute Gasteiger partial charge is 0.373 e. The van der Waals surface area contributed by atoms with Gasteiger partial charge in [0.1, 0.15) is 6.04 Å². The highest BCUT2D eigenvalue weighted by Gasteiger charge is 2.38. The molecule has 0 bridgehead atoms. The van der Waals surface area contributed by atoms with Gasteiger partial charge in [0.2, 0.25) is 11.8 Å². The lowest BCUT2D eigenvalue weighted by Crippen LogP contribution is -2.41. The summed E-state index contributed by atoms with van der Waals surface area (Å²) in [6.45, 7) is 14.1. The summed E-state index contributed by atoms with van der Waals surface area (Å²) in [7, 11) is 0. The van der Waals surface area contributed by atoms with E-state index in [1.165, 1.54) is 54.4 Å². The Morgan fingerprint density at radius 3 is 2.27 bits per heavy atom. The number of carbonyl (C=O) groups is 2. The molecule has 2 unspecified atom stereocenters. The summed E-state index contributed by atoms with van der Waals surface area (Å²) in [5, 5.41) is 13.4. The van der Waals surface area contributed by atoms with Crippen molar-refractivity contribution < 1.29 is 9.59 Å². The SMILES string of the molecule is CCCCCCC1(C)Cc2cc(NC(=O)C(CC(C)C)NC(=C3CC3)c3cc(NC(=O)CNC(C)C)ccc3CCCCCCN)ccc21. The molecule has 7 nitrogen and oxygen atoms in total. The quantitative estimate of drug-likeness (QED) is 0.0806. The molecule has 270 valence electrons. The van der Waals surface area contributed by atoms with Gasteiger partial charge in [-0.15, -0.1) is 0 Å². The van der Waals surface area contributed by atoms with E-state index < -0.39 is 0 Å². The van der Waals surface area contributed by atoms with Gasteiger partial charge in [-0.1, -0.05) is 92.2 Å². The molecule has 0 aromatic heterocycles. The average molecular weight is 672 g/mol. The zero-order chi connectivity index (χ0) is 35.4. The van der Waals surface area contributed by atoms with Crippen LogP contribution in [0.2, 0.25) is 0 Å². The van der Waals surface area contributed by atoms with Crippen LogP contribution in [0.5, 0.6) is 0 Å². The van der Waals surface area contributed by atoms with Crippen molar-refractivity contribution in [2.45, 2.75) is 149 Å². The van der Waals surface area contributed by atoms with Crippen LogP contribution in [0.4, 0.5) is 11.4 Å². The normalized spacial score (nSPS) is 17.0. The first-order valence-corrected chi connectivity index (χ1v) is 19.3. The van der Waals surface area contributed by atoms with E-state index in [1.54, 1.807) is 0 Å². The predicted octanol–water partition coefficient (Wildman–Crippen LogP) is 8.62. The molecule has 4 rings (SSSR count). The van der Waals surface area contributed by atoms with Gasteiger partial charge in [0.15, 0.2) is 0 Å². The predicted molar refractivity (Wildman–Crippen MR) is 207 cm³/mol. The Balaban J connectivity index is 1.52. The first kappa shape index (κ1) is 38.6. The Hall–Kier alpha value is -3.16. The maximum Gasteiger partial charge on any atom is 0.246 e. The topological polar surface area (TPSA) is 108 Å². The molecular weight excluding hydrogens is 606 g/mol. The Labute approximate surface area is 297 Å². The van der Waals surface area contributed by atoms with Crippen LogP contribution in [-0.4, -0.2) is 37.0 Å². The van der Waals surface area contributed by atoms with Crippen LogP contribution in [0.3, 0.4) is 0 Å². The number of nitrogens with one attached hydrogen (secondary N) is 4. The second-order valence-electron chi connectivity index (χ2n) is 15.6. The van der Waals surface area contributed by atoms with Gasteiger partial charge in [-0.25, -0.2) is 0 Å². The zero-order valence-electron chi connectivity index (χ0n) is 31.4. The van der Waals surface area contributed by atoms with Gasteiger partial charge in [-0.2, -0.15) is 0 Å². The number of benzene rings is 2. The average Bonchev–Trinajstić information content (AvgIpc) is 3.89. The molecule has 0 radical (unpaired) electrons. The lowest BCUT2D eigenvalue weighted by atomic mass is 9.63. The molecule has 2 aromatic rings. The molecule has 7 heteroatoms. The Morgan fingerprint density at radius 2 is 1.59 bits per heavy atom. The number of fused-ring (bicyclic) bond motifs is 1. The number of unbranched alkanes of at least 4 members (excludes halogenated alkanes) is 6. The number of nitrogens with two attached hydrogens (primary N) is 1. The van der Waals surface area contributed by atoms with Crippen LogP contribution in [0, 0.1) is 5.92 Å². The Morgan fingerprint density at radius 1 is 0.878 bits per heavy atom. The summed E-state index contributed by atoms with van der Waals surface area (Å²) in [4.78, 5) is 26.8. The smallest absolute Gasteiger partial charge is 0.246 e. The minimum Gasteiger partial charge on any atom is -0.373 e. The van der Waals surface area contributed by atoms with E-state index in [0.29, 0.717) is 5.92 Å². The molecule has 1 fully saturated rings. The summed E-state index contributed by atoms with van der Waals surface area (Å²) in [5.74, 6) is 0.275. The molecule has 2 amide bonds. The number of aryl methyl sites for hydroxylation is 1. The zero-order valence-corrected chi connectivity index (χ0v) is 31.4. The van der Waals surface area contributed by atoms with Crippen molar-refractivity contribution in [1.82, 2.24) is 10.6 Å². The Kier molecular flexibility index (Phi) is 14.8. The van der Waals surface area contributed by atoms with E-state index in [-0.39, 0.29) is 35.9 Å².